The highest BCUT2D eigenvalue weighted by molar-refractivity contribution is 7.83. The number of benzene rings is 1. The van der Waals surface area contributed by atoms with Crippen LogP contribution in [-0.4, -0.2) is 13.0 Å². The molecular weight excluding hydrogens is 293 g/mol. The molecule has 0 heterocycles. The molecule has 0 amide bonds. The van der Waals surface area contributed by atoms with Crippen LogP contribution in [-0.2, 0) is 10.3 Å². The predicted octanol–water partition coefficient (Wildman–Crippen LogP) is -2.75. The number of halogens is 1. The van der Waals surface area contributed by atoms with Gasteiger partial charge in [-0.1, -0.05) is 18.2 Å². The van der Waals surface area contributed by atoms with Gasteiger partial charge in [-0.2, -0.15) is 8.42 Å². The van der Waals surface area contributed by atoms with Gasteiger partial charge in [-0.15, -0.1) is 0 Å². The van der Waals surface area contributed by atoms with Crippen molar-refractivity contribution in [2.45, 2.75) is 0 Å². The zero-order chi connectivity index (χ0) is 9.03. The molecule has 6 heteroatoms. The zero-order valence-corrected chi connectivity index (χ0v) is 8.91. The van der Waals surface area contributed by atoms with Gasteiger partial charge in [0.2, 0.25) is 3.57 Å². The van der Waals surface area contributed by atoms with E-state index in [-0.39, 0.29) is 0 Å². The monoisotopic (exact) mass is 300 g/mol. The molecule has 0 saturated carbocycles. The van der Waals surface area contributed by atoms with Gasteiger partial charge in [-0.3, -0.25) is 4.55 Å². The van der Waals surface area contributed by atoms with Crippen molar-refractivity contribution in [2.75, 3.05) is 0 Å². The van der Waals surface area contributed by atoms with Gasteiger partial charge in [-0.05, 0) is 12.1 Å². The smallest absolute Gasteiger partial charge is 0.271 e. The van der Waals surface area contributed by atoms with Crippen LogP contribution in [0.25, 0.3) is 0 Å². The van der Waals surface area contributed by atoms with Gasteiger partial charge in [0, 0.05) is 2.94 Å². The molecule has 0 unspecified atom stereocenters. The predicted molar refractivity (Wildman–Crippen MR) is 39.8 cm³/mol. The SMILES string of the molecule is O=S(=O)(O)N[I+]c1ccccc1. The summed E-state index contributed by atoms with van der Waals surface area (Å²) in [4.78, 5) is 0. The summed E-state index contributed by atoms with van der Waals surface area (Å²) in [7, 11) is -4.02. The third-order valence-electron chi connectivity index (χ3n) is 0.978. The standard InChI is InChI=1S/C6H6INO3S/c9-12(10,11)8-7-6-4-2-1-3-5-6/h1-5,8H/p+1. The third kappa shape index (κ3) is 4.00. The average molecular weight is 300 g/mol. The van der Waals surface area contributed by atoms with Crippen LogP contribution < -0.4 is 24.4 Å². The molecule has 66 valence electrons. The van der Waals surface area contributed by atoms with E-state index >= 15 is 0 Å². The highest BCUT2D eigenvalue weighted by Crippen LogP contribution is 1.81. The molecule has 0 saturated heterocycles. The zero-order valence-electron chi connectivity index (χ0n) is 5.94. The molecule has 1 rings (SSSR count). The second-order valence-corrected chi connectivity index (χ2v) is 6.15. The maximum atomic E-state index is 10.3. The van der Waals surface area contributed by atoms with E-state index in [1.807, 2.05) is 30.3 Å². The summed E-state index contributed by atoms with van der Waals surface area (Å²) in [6.07, 6.45) is 0. The van der Waals surface area contributed by atoms with Gasteiger partial charge in [0.1, 0.15) is 0 Å². The fourth-order valence-corrected chi connectivity index (χ4v) is 3.13. The Kier molecular flexibility index (Phi) is 3.44. The number of hydrogen-bond donors (Lipinski definition) is 2. The summed E-state index contributed by atoms with van der Waals surface area (Å²) >= 11 is -0.851. The summed E-state index contributed by atoms with van der Waals surface area (Å²) in [6, 6.07) is 9.11. The van der Waals surface area contributed by atoms with Gasteiger partial charge < -0.3 is 0 Å². The molecule has 0 radical (unpaired) electrons. The van der Waals surface area contributed by atoms with E-state index in [9.17, 15) is 8.42 Å². The Morgan fingerprint density at radius 2 is 1.83 bits per heavy atom. The minimum atomic E-state index is -4.02. The Morgan fingerprint density at radius 1 is 1.25 bits per heavy atom. The van der Waals surface area contributed by atoms with Crippen molar-refractivity contribution < 1.29 is 34.4 Å². The van der Waals surface area contributed by atoms with E-state index < -0.39 is 31.8 Å². The molecule has 1 aromatic carbocycles. The molecule has 0 aromatic heterocycles. The van der Waals surface area contributed by atoms with Gasteiger partial charge in [0.25, 0.3) is 0 Å². The van der Waals surface area contributed by atoms with Crippen LogP contribution in [0.3, 0.4) is 0 Å². The van der Waals surface area contributed by atoms with E-state index in [0.717, 1.165) is 3.57 Å². The third-order valence-corrected chi connectivity index (χ3v) is 4.92. The van der Waals surface area contributed by atoms with Crippen molar-refractivity contribution in [3.05, 3.63) is 33.9 Å². The average Bonchev–Trinajstić information content (AvgIpc) is 2.02. The molecular formula is C6H7INO3S+. The second kappa shape index (κ2) is 4.17. The van der Waals surface area contributed by atoms with Crippen molar-refractivity contribution in [2.24, 2.45) is 0 Å². The Bertz CT molecular complexity index is 337. The van der Waals surface area contributed by atoms with E-state index in [2.05, 4.69) is 2.94 Å². The number of rotatable bonds is 3. The number of nitrogens with one attached hydrogen (secondary N) is 1. The topological polar surface area (TPSA) is 66.4 Å². The van der Waals surface area contributed by atoms with Crippen molar-refractivity contribution in [1.82, 2.24) is 2.94 Å². The molecule has 1 aromatic rings. The Balaban J connectivity index is 2.56. The van der Waals surface area contributed by atoms with Gasteiger partial charge in [-0.25, -0.2) is 0 Å². The van der Waals surface area contributed by atoms with Crippen molar-refractivity contribution >= 4 is 10.3 Å². The first kappa shape index (κ1) is 9.90. The maximum Gasteiger partial charge on any atom is 0.448 e. The fraction of sp³-hybridized carbons (Fsp3) is 0. The molecule has 4 nitrogen and oxygen atoms in total. The summed E-state index contributed by atoms with van der Waals surface area (Å²) < 4.78 is 31.9. The molecule has 0 fully saturated rings. The lowest BCUT2D eigenvalue weighted by molar-refractivity contribution is -0.664. The van der Waals surface area contributed by atoms with E-state index in [1.165, 1.54) is 0 Å². The van der Waals surface area contributed by atoms with Crippen LogP contribution in [0.5, 0.6) is 0 Å². The second-order valence-electron chi connectivity index (χ2n) is 1.94. The van der Waals surface area contributed by atoms with Crippen LogP contribution in [0, 0.1) is 3.57 Å². The maximum absolute atomic E-state index is 10.3. The first-order valence-electron chi connectivity index (χ1n) is 3.01. The first-order chi connectivity index (χ1) is 5.58. The van der Waals surface area contributed by atoms with Gasteiger partial charge >= 0.3 is 31.8 Å². The molecule has 0 aliphatic carbocycles. The minimum Gasteiger partial charge on any atom is -0.271 e. The molecule has 0 aliphatic heterocycles. The fourth-order valence-electron chi connectivity index (χ4n) is 0.571. The molecule has 0 bridgehead atoms. The minimum absolute atomic E-state index is 0.851. The van der Waals surface area contributed by atoms with E-state index in [0.29, 0.717) is 0 Å². The van der Waals surface area contributed by atoms with Crippen molar-refractivity contribution in [1.29, 1.82) is 0 Å². The summed E-state index contributed by atoms with van der Waals surface area (Å²) in [6.45, 7) is 0. The Hall–Kier alpha value is -0.180. The van der Waals surface area contributed by atoms with Crippen LogP contribution >= 0.6 is 0 Å². The van der Waals surface area contributed by atoms with Crippen LogP contribution in [0.1, 0.15) is 0 Å². The molecule has 0 spiro atoms. The van der Waals surface area contributed by atoms with Crippen LogP contribution in [0.4, 0.5) is 0 Å². The van der Waals surface area contributed by atoms with Crippen molar-refractivity contribution in [3.63, 3.8) is 0 Å². The highest BCUT2D eigenvalue weighted by atomic mass is 127. The molecule has 12 heavy (non-hydrogen) atoms. The Morgan fingerprint density at radius 3 is 2.33 bits per heavy atom. The number of hydrogen-bond acceptors (Lipinski definition) is 2. The van der Waals surface area contributed by atoms with E-state index in [1.54, 1.807) is 0 Å². The van der Waals surface area contributed by atoms with Gasteiger partial charge in [0.05, 0.1) is 0 Å². The van der Waals surface area contributed by atoms with Crippen LogP contribution in [0.15, 0.2) is 30.3 Å². The normalized spacial score (nSPS) is 11.4. The lowest BCUT2D eigenvalue weighted by atomic mass is 10.4. The molecule has 0 atom stereocenters. The quantitative estimate of drug-likeness (QED) is 0.361. The lowest BCUT2D eigenvalue weighted by Gasteiger charge is -1.84. The lowest BCUT2D eigenvalue weighted by Crippen LogP contribution is -3.68. The summed E-state index contributed by atoms with van der Waals surface area (Å²) in [5.41, 5.74) is 0. The van der Waals surface area contributed by atoms with Crippen LogP contribution in [0.2, 0.25) is 0 Å². The Labute approximate surface area is 81.5 Å². The highest BCUT2D eigenvalue weighted by Gasteiger charge is 2.18. The summed E-state index contributed by atoms with van der Waals surface area (Å²) in [5.74, 6) is 0. The molecule has 0 aliphatic rings. The summed E-state index contributed by atoms with van der Waals surface area (Å²) in [5, 5.41) is 0. The first-order valence-corrected chi connectivity index (χ1v) is 6.61. The van der Waals surface area contributed by atoms with Crippen molar-refractivity contribution in [3.8, 4) is 0 Å². The largest absolute Gasteiger partial charge is 0.448 e. The van der Waals surface area contributed by atoms with E-state index in [4.69, 9.17) is 4.55 Å². The molecule has 2 N–H and O–H groups in total. The van der Waals surface area contributed by atoms with Gasteiger partial charge in [0.15, 0.2) is 0 Å².